The molecule has 2 rings (SSSR count). The van der Waals surface area contributed by atoms with Crippen LogP contribution in [-0.4, -0.2) is 32.4 Å². The average molecular weight is 246 g/mol. The molecule has 0 amide bonds. The Bertz CT molecular complexity index is 551. The van der Waals surface area contributed by atoms with Gasteiger partial charge < -0.3 is 10.4 Å². The smallest absolute Gasteiger partial charge is 0.354 e. The number of nitrogens with zero attached hydrogens (tertiary/aromatic N) is 3. The summed E-state index contributed by atoms with van der Waals surface area (Å²) in [5.41, 5.74) is 1.90. The number of carboxylic acids is 1. The predicted octanol–water partition coefficient (Wildman–Crippen LogP) is 1.40. The third-order valence-electron chi connectivity index (χ3n) is 2.41. The van der Waals surface area contributed by atoms with Crippen molar-refractivity contribution in [3.63, 3.8) is 0 Å². The Morgan fingerprint density at radius 1 is 1.56 bits per heavy atom. The zero-order chi connectivity index (χ0) is 13.0. The minimum Gasteiger partial charge on any atom is -0.477 e. The van der Waals surface area contributed by atoms with Gasteiger partial charge in [0.2, 0.25) is 0 Å². The molecule has 0 aliphatic carbocycles. The summed E-state index contributed by atoms with van der Waals surface area (Å²) in [6, 6.07) is 3.25. The van der Waals surface area contributed by atoms with Crippen molar-refractivity contribution in [2.75, 3.05) is 11.9 Å². The Morgan fingerprint density at radius 2 is 2.39 bits per heavy atom. The molecule has 6 nitrogen and oxygen atoms in total. The Morgan fingerprint density at radius 3 is 3.06 bits per heavy atom. The number of carbonyl (C=O) groups is 1. The lowest BCUT2D eigenvalue weighted by Crippen LogP contribution is -2.11. The van der Waals surface area contributed by atoms with Crippen LogP contribution in [0.15, 0.2) is 30.7 Å². The maximum Gasteiger partial charge on any atom is 0.354 e. The van der Waals surface area contributed by atoms with E-state index in [9.17, 15) is 4.79 Å². The Labute approximate surface area is 104 Å². The molecule has 0 unspecified atom stereocenters. The number of pyridine rings is 1. The lowest BCUT2D eigenvalue weighted by Gasteiger charge is -2.06. The molecule has 0 fully saturated rings. The fourth-order valence-electron chi connectivity index (χ4n) is 1.56. The van der Waals surface area contributed by atoms with Crippen molar-refractivity contribution < 1.29 is 9.90 Å². The van der Waals surface area contributed by atoms with Crippen molar-refractivity contribution in [2.24, 2.45) is 0 Å². The van der Waals surface area contributed by atoms with E-state index in [-0.39, 0.29) is 5.69 Å². The van der Waals surface area contributed by atoms with E-state index in [1.165, 1.54) is 12.3 Å². The normalized spacial score (nSPS) is 10.3. The first-order chi connectivity index (χ1) is 8.65. The van der Waals surface area contributed by atoms with Crippen molar-refractivity contribution in [2.45, 2.75) is 13.5 Å². The Balaban J connectivity index is 1.90. The van der Waals surface area contributed by atoms with Crippen LogP contribution >= 0.6 is 0 Å². The van der Waals surface area contributed by atoms with E-state index < -0.39 is 5.97 Å². The van der Waals surface area contributed by atoms with Crippen LogP contribution in [0.5, 0.6) is 0 Å². The molecule has 0 spiro atoms. The van der Waals surface area contributed by atoms with Gasteiger partial charge in [-0.2, -0.15) is 5.10 Å². The van der Waals surface area contributed by atoms with E-state index in [0.29, 0.717) is 6.54 Å². The van der Waals surface area contributed by atoms with Crippen LogP contribution in [0.25, 0.3) is 0 Å². The van der Waals surface area contributed by atoms with Gasteiger partial charge in [0.15, 0.2) is 0 Å². The molecule has 0 aliphatic rings. The molecule has 0 radical (unpaired) electrons. The number of hydrogen-bond acceptors (Lipinski definition) is 4. The van der Waals surface area contributed by atoms with E-state index in [1.807, 2.05) is 17.8 Å². The summed E-state index contributed by atoms with van der Waals surface area (Å²) < 4.78 is 1.83. The molecule has 0 aromatic carbocycles. The highest BCUT2D eigenvalue weighted by Gasteiger charge is 2.04. The van der Waals surface area contributed by atoms with Gasteiger partial charge >= 0.3 is 5.97 Å². The first-order valence-corrected chi connectivity index (χ1v) is 5.57. The lowest BCUT2D eigenvalue weighted by molar-refractivity contribution is 0.0690. The van der Waals surface area contributed by atoms with Crippen LogP contribution < -0.4 is 5.32 Å². The second-order valence-electron chi connectivity index (χ2n) is 3.94. The van der Waals surface area contributed by atoms with Gasteiger partial charge in [0, 0.05) is 24.6 Å². The van der Waals surface area contributed by atoms with E-state index in [0.717, 1.165) is 17.8 Å². The van der Waals surface area contributed by atoms with Crippen LogP contribution in [-0.2, 0) is 6.54 Å². The van der Waals surface area contributed by atoms with Crippen LogP contribution in [0.3, 0.4) is 0 Å². The summed E-state index contributed by atoms with van der Waals surface area (Å²) >= 11 is 0. The molecule has 6 heteroatoms. The highest BCUT2D eigenvalue weighted by atomic mass is 16.4. The maximum absolute atomic E-state index is 10.7. The quantitative estimate of drug-likeness (QED) is 0.833. The summed E-state index contributed by atoms with van der Waals surface area (Å²) in [5.74, 6) is -1.03. The number of aromatic nitrogens is 3. The monoisotopic (exact) mass is 246 g/mol. The molecule has 2 heterocycles. The summed E-state index contributed by atoms with van der Waals surface area (Å²) in [7, 11) is 0. The van der Waals surface area contributed by atoms with Crippen molar-refractivity contribution in [1.29, 1.82) is 0 Å². The molecule has 0 bridgehead atoms. The molecule has 18 heavy (non-hydrogen) atoms. The number of rotatable bonds is 5. The SMILES string of the molecule is Cc1cnn(CCNc2ccnc(C(=O)O)c2)c1. The van der Waals surface area contributed by atoms with E-state index >= 15 is 0 Å². The molecule has 2 aromatic rings. The summed E-state index contributed by atoms with van der Waals surface area (Å²) in [6.07, 6.45) is 5.23. The zero-order valence-electron chi connectivity index (χ0n) is 10.00. The standard InChI is InChI=1S/C12H14N4O2/c1-9-7-15-16(8-9)5-4-13-10-2-3-14-11(6-10)12(17)18/h2-3,6-8H,4-5H2,1H3,(H,13,14)(H,17,18). The lowest BCUT2D eigenvalue weighted by atomic mass is 10.3. The molecule has 0 atom stereocenters. The fraction of sp³-hybridized carbons (Fsp3) is 0.250. The molecule has 2 aromatic heterocycles. The van der Waals surface area contributed by atoms with Gasteiger partial charge in [-0.25, -0.2) is 9.78 Å². The number of carboxylic acid groups (broad SMARTS) is 1. The molecule has 0 aliphatic heterocycles. The number of hydrogen-bond donors (Lipinski definition) is 2. The van der Waals surface area contributed by atoms with Crippen molar-refractivity contribution in [3.05, 3.63) is 42.0 Å². The second-order valence-corrected chi connectivity index (χ2v) is 3.94. The predicted molar refractivity (Wildman–Crippen MR) is 66.7 cm³/mol. The second kappa shape index (κ2) is 5.31. The summed E-state index contributed by atoms with van der Waals surface area (Å²) in [5, 5.41) is 16.1. The molecule has 0 saturated heterocycles. The number of nitrogens with one attached hydrogen (secondary N) is 1. The highest BCUT2D eigenvalue weighted by molar-refractivity contribution is 5.86. The minimum atomic E-state index is -1.03. The van der Waals surface area contributed by atoms with Crippen molar-refractivity contribution in [1.82, 2.24) is 14.8 Å². The fourth-order valence-corrected chi connectivity index (χ4v) is 1.56. The van der Waals surface area contributed by atoms with Crippen LogP contribution in [0.2, 0.25) is 0 Å². The third kappa shape index (κ3) is 3.07. The number of aryl methyl sites for hydroxylation is 1. The Hall–Kier alpha value is -2.37. The van der Waals surface area contributed by atoms with Crippen LogP contribution in [0.4, 0.5) is 5.69 Å². The third-order valence-corrected chi connectivity index (χ3v) is 2.41. The number of aromatic carboxylic acids is 1. The van der Waals surface area contributed by atoms with E-state index in [1.54, 1.807) is 12.3 Å². The average Bonchev–Trinajstić information content (AvgIpc) is 2.75. The van der Waals surface area contributed by atoms with Gasteiger partial charge in [-0.15, -0.1) is 0 Å². The summed E-state index contributed by atoms with van der Waals surface area (Å²) in [6.45, 7) is 3.38. The maximum atomic E-state index is 10.7. The highest BCUT2D eigenvalue weighted by Crippen LogP contribution is 2.07. The molecule has 94 valence electrons. The molecule has 2 N–H and O–H groups in total. The van der Waals surface area contributed by atoms with E-state index in [4.69, 9.17) is 5.11 Å². The Kier molecular flexibility index (Phi) is 3.57. The van der Waals surface area contributed by atoms with Gasteiger partial charge in [-0.3, -0.25) is 4.68 Å². The first kappa shape index (κ1) is 12.1. The molecule has 0 saturated carbocycles. The summed E-state index contributed by atoms with van der Waals surface area (Å²) in [4.78, 5) is 14.5. The van der Waals surface area contributed by atoms with Gasteiger partial charge in [-0.05, 0) is 24.6 Å². The largest absolute Gasteiger partial charge is 0.477 e. The molecular formula is C12H14N4O2. The topological polar surface area (TPSA) is 80.0 Å². The zero-order valence-corrected chi connectivity index (χ0v) is 10.00. The van der Waals surface area contributed by atoms with Crippen molar-refractivity contribution >= 4 is 11.7 Å². The first-order valence-electron chi connectivity index (χ1n) is 5.57. The van der Waals surface area contributed by atoms with Crippen molar-refractivity contribution in [3.8, 4) is 0 Å². The minimum absolute atomic E-state index is 0.0370. The van der Waals surface area contributed by atoms with E-state index in [2.05, 4.69) is 15.4 Å². The number of anilines is 1. The van der Waals surface area contributed by atoms with Gasteiger partial charge in [0.05, 0.1) is 12.7 Å². The van der Waals surface area contributed by atoms with Crippen LogP contribution in [0, 0.1) is 6.92 Å². The van der Waals surface area contributed by atoms with Gasteiger partial charge in [0.1, 0.15) is 5.69 Å². The van der Waals surface area contributed by atoms with Gasteiger partial charge in [0.25, 0.3) is 0 Å². The molecular weight excluding hydrogens is 232 g/mol. The van der Waals surface area contributed by atoms with Crippen LogP contribution in [0.1, 0.15) is 16.1 Å². The van der Waals surface area contributed by atoms with Gasteiger partial charge in [-0.1, -0.05) is 0 Å².